The fourth-order valence-corrected chi connectivity index (χ4v) is 3.29. The van der Waals surface area contributed by atoms with Crippen LogP contribution in [-0.4, -0.2) is 14.1 Å². The van der Waals surface area contributed by atoms with E-state index in [-0.39, 0.29) is 5.69 Å². The van der Waals surface area contributed by atoms with Crippen LogP contribution in [-0.2, 0) is 32.1 Å². The Morgan fingerprint density at radius 1 is 1.04 bits per heavy atom. The van der Waals surface area contributed by atoms with Gasteiger partial charge in [-0.1, -0.05) is 65.6 Å². The summed E-state index contributed by atoms with van der Waals surface area (Å²) in [6, 6.07) is 19.8. The fourth-order valence-electron chi connectivity index (χ4n) is 3.29. The second-order valence-corrected chi connectivity index (χ2v) is 6.67. The van der Waals surface area contributed by atoms with Crippen molar-refractivity contribution in [2.75, 3.05) is 5.48 Å². The van der Waals surface area contributed by atoms with Gasteiger partial charge in [-0.25, -0.2) is 19.4 Å². The van der Waals surface area contributed by atoms with Gasteiger partial charge in [0.1, 0.15) is 0 Å². The lowest BCUT2D eigenvalue weighted by Crippen LogP contribution is -2.32. The van der Waals surface area contributed by atoms with Crippen LogP contribution in [0.5, 0.6) is 0 Å². The highest BCUT2D eigenvalue weighted by molar-refractivity contribution is 5.81. The number of aromatic nitrogens is 4. The quantitative estimate of drug-likeness (QED) is 0.414. The smallest absolute Gasteiger partial charge is 0.269 e. The molecule has 0 bridgehead atoms. The Kier molecular flexibility index (Phi) is 4.90. The van der Waals surface area contributed by atoms with E-state index in [1.165, 1.54) is 0 Å². The second-order valence-electron chi connectivity index (χ2n) is 6.67. The molecular weight excluding hydrogens is 354 g/mol. The zero-order valence-electron chi connectivity index (χ0n) is 15.9. The maximum Gasteiger partial charge on any atom is 0.387 e. The van der Waals surface area contributed by atoms with Crippen molar-refractivity contribution in [3.05, 3.63) is 88.6 Å². The molecule has 0 radical (unpaired) electrons. The maximum absolute atomic E-state index is 12.9. The summed E-state index contributed by atoms with van der Waals surface area (Å²) in [4.78, 5) is 23.0. The van der Waals surface area contributed by atoms with E-state index < -0.39 is 0 Å². The molecule has 0 aliphatic carbocycles. The molecule has 142 valence electrons. The van der Waals surface area contributed by atoms with E-state index in [9.17, 15) is 4.79 Å². The van der Waals surface area contributed by atoms with Gasteiger partial charge in [0.2, 0.25) is 6.33 Å². The monoisotopic (exact) mass is 376 g/mol. The minimum absolute atomic E-state index is 0.103. The minimum atomic E-state index is -0.103. The summed E-state index contributed by atoms with van der Waals surface area (Å²) >= 11 is 0. The van der Waals surface area contributed by atoms with Gasteiger partial charge in [-0.15, -0.1) is 0 Å². The van der Waals surface area contributed by atoms with Gasteiger partial charge < -0.3 is 0 Å². The average molecular weight is 376 g/mol. The van der Waals surface area contributed by atoms with E-state index in [1.807, 2.05) is 72.3 Å². The molecule has 7 nitrogen and oxygen atoms in total. The Balaban J connectivity index is 1.71. The largest absolute Gasteiger partial charge is 0.387 e. The molecule has 0 fully saturated rings. The van der Waals surface area contributed by atoms with Gasteiger partial charge in [0, 0.05) is 0 Å². The highest BCUT2D eigenvalue weighted by Gasteiger charge is 2.24. The predicted octanol–water partition coefficient (Wildman–Crippen LogP) is 2.15. The second kappa shape index (κ2) is 7.66. The van der Waals surface area contributed by atoms with Crippen LogP contribution >= 0.6 is 0 Å². The van der Waals surface area contributed by atoms with Gasteiger partial charge >= 0.3 is 5.69 Å². The Labute approximate surface area is 162 Å². The highest BCUT2D eigenvalue weighted by Crippen LogP contribution is 2.18. The molecule has 4 aromatic rings. The number of nitrogens with one attached hydrogen (secondary N) is 1. The third-order valence-electron chi connectivity index (χ3n) is 4.67. The summed E-state index contributed by atoms with van der Waals surface area (Å²) in [5.41, 5.74) is 6.38. The number of hydrogen-bond donors (Lipinski definition) is 1. The van der Waals surface area contributed by atoms with Crippen LogP contribution in [0.2, 0.25) is 0 Å². The van der Waals surface area contributed by atoms with Crippen molar-refractivity contribution in [2.24, 2.45) is 14.1 Å². The molecule has 28 heavy (non-hydrogen) atoms. The van der Waals surface area contributed by atoms with E-state index >= 15 is 0 Å². The Bertz CT molecular complexity index is 1150. The van der Waals surface area contributed by atoms with Crippen molar-refractivity contribution >= 4 is 17.0 Å². The Morgan fingerprint density at radius 2 is 1.68 bits per heavy atom. The Morgan fingerprint density at radius 3 is 2.36 bits per heavy atom. The third kappa shape index (κ3) is 3.39. The molecule has 0 unspecified atom stereocenters. The predicted molar refractivity (Wildman–Crippen MR) is 107 cm³/mol. The van der Waals surface area contributed by atoms with E-state index in [1.54, 1.807) is 22.5 Å². The first kappa shape index (κ1) is 17.9. The molecule has 0 aliphatic rings. The van der Waals surface area contributed by atoms with Crippen molar-refractivity contribution in [1.29, 1.82) is 0 Å². The SMILES string of the molecule is Cn1c(=O)n(Cc2ccccc2)c2c(NOCc3ccccc3)nc[n+](C)c21. The molecule has 0 aliphatic heterocycles. The first-order chi connectivity index (χ1) is 13.6. The van der Waals surface area contributed by atoms with Gasteiger partial charge in [-0.2, -0.15) is 0 Å². The van der Waals surface area contributed by atoms with Crippen molar-refractivity contribution < 1.29 is 9.40 Å². The van der Waals surface area contributed by atoms with Crippen molar-refractivity contribution in [2.45, 2.75) is 13.2 Å². The van der Waals surface area contributed by atoms with Crippen LogP contribution in [0, 0.1) is 0 Å². The normalized spacial score (nSPS) is 11.1. The topological polar surface area (TPSA) is 65.0 Å². The van der Waals surface area contributed by atoms with Crippen LogP contribution < -0.4 is 15.7 Å². The van der Waals surface area contributed by atoms with Crippen LogP contribution in [0.4, 0.5) is 5.82 Å². The molecule has 2 heterocycles. The van der Waals surface area contributed by atoms with Gasteiger partial charge in [0.15, 0.2) is 5.52 Å². The summed E-state index contributed by atoms with van der Waals surface area (Å²) in [6.07, 6.45) is 1.67. The summed E-state index contributed by atoms with van der Waals surface area (Å²) < 4.78 is 5.18. The zero-order chi connectivity index (χ0) is 19.5. The summed E-state index contributed by atoms with van der Waals surface area (Å²) in [6.45, 7) is 0.844. The van der Waals surface area contributed by atoms with E-state index in [0.29, 0.717) is 24.5 Å². The standard InChI is InChI=1S/C21H21N5O2/c1-24-15-22-19(23-28-14-17-11-7-4-8-12-17)18-20(24)25(2)21(27)26(18)13-16-9-5-3-6-10-16/h3-12,15H,13-14H2,1-2H3/p+1. The van der Waals surface area contributed by atoms with Crippen LogP contribution in [0.25, 0.3) is 11.2 Å². The fraction of sp³-hybridized carbons (Fsp3) is 0.190. The average Bonchev–Trinajstić information content (AvgIpc) is 2.97. The first-order valence-corrected chi connectivity index (χ1v) is 9.04. The summed E-state index contributed by atoms with van der Waals surface area (Å²) in [5.74, 6) is 0.512. The number of aryl methyl sites for hydroxylation is 2. The summed E-state index contributed by atoms with van der Waals surface area (Å²) in [5, 5.41) is 0. The molecule has 2 aromatic carbocycles. The van der Waals surface area contributed by atoms with Gasteiger partial charge in [0.25, 0.3) is 11.5 Å². The number of hydrogen-bond acceptors (Lipinski definition) is 4. The van der Waals surface area contributed by atoms with E-state index in [2.05, 4.69) is 10.5 Å². The molecule has 0 amide bonds. The molecule has 0 spiro atoms. The lowest BCUT2D eigenvalue weighted by atomic mass is 10.2. The van der Waals surface area contributed by atoms with Crippen LogP contribution in [0.1, 0.15) is 11.1 Å². The number of rotatable bonds is 6. The van der Waals surface area contributed by atoms with Gasteiger partial charge in [-0.3, -0.25) is 9.40 Å². The van der Waals surface area contributed by atoms with Crippen LogP contribution in [0.3, 0.4) is 0 Å². The number of fused-ring (bicyclic) bond motifs is 1. The zero-order valence-corrected chi connectivity index (χ0v) is 15.9. The third-order valence-corrected chi connectivity index (χ3v) is 4.67. The lowest BCUT2D eigenvalue weighted by molar-refractivity contribution is -0.650. The van der Waals surface area contributed by atoms with E-state index in [4.69, 9.17) is 4.84 Å². The van der Waals surface area contributed by atoms with Crippen molar-refractivity contribution in [3.63, 3.8) is 0 Å². The van der Waals surface area contributed by atoms with Crippen molar-refractivity contribution in [1.82, 2.24) is 14.1 Å². The van der Waals surface area contributed by atoms with Crippen molar-refractivity contribution in [3.8, 4) is 0 Å². The molecule has 0 saturated heterocycles. The lowest BCUT2D eigenvalue weighted by Gasteiger charge is -2.08. The molecule has 0 saturated carbocycles. The molecule has 4 rings (SSSR count). The number of imidazole rings is 1. The first-order valence-electron chi connectivity index (χ1n) is 9.04. The molecular formula is C21H22N5O2+. The van der Waals surface area contributed by atoms with Gasteiger partial charge in [0.05, 0.1) is 27.2 Å². The van der Waals surface area contributed by atoms with Gasteiger partial charge in [-0.05, 0) is 11.1 Å². The molecule has 1 N–H and O–H groups in total. The molecule has 2 aromatic heterocycles. The maximum atomic E-state index is 12.9. The van der Waals surface area contributed by atoms with E-state index in [0.717, 1.165) is 16.8 Å². The number of benzene rings is 2. The number of nitrogens with zero attached hydrogens (tertiary/aromatic N) is 4. The number of anilines is 1. The Hall–Kier alpha value is -3.45. The minimum Gasteiger partial charge on any atom is -0.269 e. The molecule has 0 atom stereocenters. The van der Waals surface area contributed by atoms with Crippen LogP contribution in [0.15, 0.2) is 71.8 Å². The molecule has 7 heteroatoms. The summed E-state index contributed by atoms with van der Waals surface area (Å²) in [7, 11) is 3.64. The highest BCUT2D eigenvalue weighted by atomic mass is 16.6.